The number of nitrogens with one attached hydrogen (secondary N) is 1. The Labute approximate surface area is 126 Å². The van der Waals surface area contributed by atoms with Gasteiger partial charge in [-0.15, -0.1) is 0 Å². The molecule has 0 radical (unpaired) electrons. The highest BCUT2D eigenvalue weighted by Gasteiger charge is 2.17. The number of hydrogen-bond acceptors (Lipinski definition) is 3. The van der Waals surface area contributed by atoms with Crippen LogP contribution < -0.4 is 10.9 Å². The summed E-state index contributed by atoms with van der Waals surface area (Å²) in [6.07, 6.45) is 3.43. The molecule has 6 heteroatoms. The van der Waals surface area contributed by atoms with Crippen LogP contribution >= 0.6 is 23.2 Å². The summed E-state index contributed by atoms with van der Waals surface area (Å²) >= 11 is 12.1. The van der Waals surface area contributed by atoms with Gasteiger partial charge in [0.15, 0.2) is 0 Å². The third kappa shape index (κ3) is 2.68. The minimum atomic E-state index is -0.107. The Morgan fingerprint density at radius 2 is 2.20 bits per heavy atom. The third-order valence-electron chi connectivity index (χ3n) is 3.69. The smallest absolute Gasteiger partial charge is 0.262 e. The Kier molecular flexibility index (Phi) is 3.96. The van der Waals surface area contributed by atoms with Crippen molar-refractivity contribution >= 4 is 34.1 Å². The van der Waals surface area contributed by atoms with E-state index in [4.69, 9.17) is 23.2 Å². The SMILES string of the molecule is O=c1c2ccc(Cl)cc2nc(Cl)n1CC1CCCCN1. The van der Waals surface area contributed by atoms with Crippen molar-refractivity contribution in [3.63, 3.8) is 0 Å². The van der Waals surface area contributed by atoms with Gasteiger partial charge in [-0.1, -0.05) is 18.0 Å². The molecule has 1 aliphatic rings. The van der Waals surface area contributed by atoms with Crippen LogP contribution in [-0.2, 0) is 6.54 Å². The Balaban J connectivity index is 2.02. The van der Waals surface area contributed by atoms with E-state index in [1.54, 1.807) is 22.8 Å². The van der Waals surface area contributed by atoms with Gasteiger partial charge in [0.25, 0.3) is 5.56 Å². The molecule has 0 saturated carbocycles. The van der Waals surface area contributed by atoms with Gasteiger partial charge in [0, 0.05) is 17.6 Å². The van der Waals surface area contributed by atoms with E-state index in [1.807, 2.05) is 0 Å². The first-order chi connectivity index (χ1) is 9.65. The fourth-order valence-electron chi connectivity index (χ4n) is 2.63. The summed E-state index contributed by atoms with van der Waals surface area (Å²) in [5, 5.41) is 4.73. The lowest BCUT2D eigenvalue weighted by Gasteiger charge is -2.24. The minimum Gasteiger partial charge on any atom is -0.312 e. The minimum absolute atomic E-state index is 0.107. The van der Waals surface area contributed by atoms with Crippen LogP contribution in [0.2, 0.25) is 10.3 Å². The molecule has 1 aromatic heterocycles. The highest BCUT2D eigenvalue weighted by atomic mass is 35.5. The number of hydrogen-bond donors (Lipinski definition) is 1. The number of rotatable bonds is 2. The molecule has 1 fully saturated rings. The van der Waals surface area contributed by atoms with Gasteiger partial charge < -0.3 is 5.32 Å². The predicted octanol–water partition coefficient (Wildman–Crippen LogP) is 2.85. The van der Waals surface area contributed by atoms with Crippen molar-refractivity contribution in [1.29, 1.82) is 0 Å². The molecular formula is C14H15Cl2N3O. The van der Waals surface area contributed by atoms with Gasteiger partial charge in [0.2, 0.25) is 5.28 Å². The van der Waals surface area contributed by atoms with Crippen molar-refractivity contribution < 1.29 is 0 Å². The zero-order chi connectivity index (χ0) is 14.1. The van der Waals surface area contributed by atoms with E-state index in [1.165, 1.54) is 12.8 Å². The van der Waals surface area contributed by atoms with Crippen molar-refractivity contribution in [3.05, 3.63) is 38.9 Å². The Hall–Kier alpha value is -1.10. The van der Waals surface area contributed by atoms with Gasteiger partial charge in [-0.3, -0.25) is 9.36 Å². The van der Waals surface area contributed by atoms with E-state index in [-0.39, 0.29) is 16.9 Å². The lowest BCUT2D eigenvalue weighted by Crippen LogP contribution is -2.40. The average molecular weight is 312 g/mol. The third-order valence-corrected chi connectivity index (χ3v) is 4.21. The van der Waals surface area contributed by atoms with Crippen LogP contribution in [0, 0.1) is 0 Å². The second-order valence-corrected chi connectivity index (χ2v) is 5.88. The van der Waals surface area contributed by atoms with Crippen molar-refractivity contribution in [2.45, 2.75) is 31.8 Å². The fourth-order valence-corrected chi connectivity index (χ4v) is 3.03. The van der Waals surface area contributed by atoms with Gasteiger partial charge in [-0.2, -0.15) is 0 Å². The fraction of sp³-hybridized carbons (Fsp3) is 0.429. The van der Waals surface area contributed by atoms with Gasteiger partial charge >= 0.3 is 0 Å². The molecule has 0 amide bonds. The molecule has 1 N–H and O–H groups in total. The molecule has 106 valence electrons. The maximum absolute atomic E-state index is 12.5. The first kappa shape index (κ1) is 13.9. The van der Waals surface area contributed by atoms with Crippen molar-refractivity contribution in [2.24, 2.45) is 0 Å². The average Bonchev–Trinajstić information content (AvgIpc) is 2.44. The topological polar surface area (TPSA) is 46.9 Å². The predicted molar refractivity (Wildman–Crippen MR) is 81.7 cm³/mol. The summed E-state index contributed by atoms with van der Waals surface area (Å²) in [5.74, 6) is 0. The van der Waals surface area contributed by atoms with Crippen LogP contribution in [0.3, 0.4) is 0 Å². The van der Waals surface area contributed by atoms with Crippen molar-refractivity contribution in [2.75, 3.05) is 6.54 Å². The van der Waals surface area contributed by atoms with E-state index >= 15 is 0 Å². The van der Waals surface area contributed by atoms with Gasteiger partial charge in [-0.25, -0.2) is 4.98 Å². The van der Waals surface area contributed by atoms with Crippen LogP contribution in [0.5, 0.6) is 0 Å². The second kappa shape index (κ2) is 5.72. The van der Waals surface area contributed by atoms with Crippen molar-refractivity contribution in [3.8, 4) is 0 Å². The Morgan fingerprint density at radius 3 is 2.95 bits per heavy atom. The van der Waals surface area contributed by atoms with Crippen LogP contribution in [0.1, 0.15) is 19.3 Å². The molecule has 0 spiro atoms. The van der Waals surface area contributed by atoms with Gasteiger partial charge in [-0.05, 0) is 49.2 Å². The quantitative estimate of drug-likeness (QED) is 0.868. The zero-order valence-electron chi connectivity index (χ0n) is 10.9. The zero-order valence-corrected chi connectivity index (χ0v) is 12.4. The molecule has 1 atom stereocenters. The number of nitrogens with zero attached hydrogens (tertiary/aromatic N) is 2. The molecule has 1 unspecified atom stereocenters. The number of benzene rings is 1. The standard InChI is InChI=1S/C14H15Cl2N3O/c15-9-4-5-11-12(7-9)18-14(16)19(13(11)20)8-10-3-1-2-6-17-10/h4-5,7,10,17H,1-3,6,8H2. The maximum atomic E-state index is 12.5. The van der Waals surface area contributed by atoms with Crippen LogP contribution in [-0.4, -0.2) is 22.1 Å². The summed E-state index contributed by atoms with van der Waals surface area (Å²) in [4.78, 5) is 16.8. The highest BCUT2D eigenvalue weighted by Crippen LogP contribution is 2.18. The molecule has 4 nitrogen and oxygen atoms in total. The summed E-state index contributed by atoms with van der Waals surface area (Å²) in [6, 6.07) is 5.34. The van der Waals surface area contributed by atoms with Gasteiger partial charge in [0.1, 0.15) is 0 Å². The molecule has 2 aromatic rings. The summed E-state index contributed by atoms with van der Waals surface area (Å²) in [5.41, 5.74) is 0.435. The highest BCUT2D eigenvalue weighted by molar-refractivity contribution is 6.31. The number of fused-ring (bicyclic) bond motifs is 1. The molecule has 1 saturated heterocycles. The van der Waals surface area contributed by atoms with E-state index in [0.29, 0.717) is 22.5 Å². The van der Waals surface area contributed by atoms with E-state index < -0.39 is 0 Å². The largest absolute Gasteiger partial charge is 0.312 e. The van der Waals surface area contributed by atoms with Crippen LogP contribution in [0.25, 0.3) is 10.9 Å². The Bertz CT molecular complexity index is 693. The lowest BCUT2D eigenvalue weighted by atomic mass is 10.1. The molecule has 0 bridgehead atoms. The summed E-state index contributed by atoms with van der Waals surface area (Å²) < 4.78 is 1.54. The first-order valence-corrected chi connectivity index (χ1v) is 7.50. The normalized spacial score (nSPS) is 19.4. The van der Waals surface area contributed by atoms with Crippen LogP contribution in [0.15, 0.2) is 23.0 Å². The lowest BCUT2D eigenvalue weighted by molar-refractivity contribution is 0.359. The van der Waals surface area contributed by atoms with Crippen molar-refractivity contribution in [1.82, 2.24) is 14.9 Å². The number of halogens is 2. The first-order valence-electron chi connectivity index (χ1n) is 6.74. The molecule has 0 aliphatic carbocycles. The maximum Gasteiger partial charge on any atom is 0.262 e. The van der Waals surface area contributed by atoms with E-state index in [2.05, 4.69) is 10.3 Å². The van der Waals surface area contributed by atoms with Gasteiger partial charge in [0.05, 0.1) is 10.9 Å². The molecule has 2 heterocycles. The molecular weight excluding hydrogens is 297 g/mol. The Morgan fingerprint density at radius 1 is 1.35 bits per heavy atom. The number of piperidine rings is 1. The second-order valence-electron chi connectivity index (χ2n) is 5.10. The molecule has 20 heavy (non-hydrogen) atoms. The summed E-state index contributed by atoms with van der Waals surface area (Å²) in [7, 11) is 0. The molecule has 1 aliphatic heterocycles. The van der Waals surface area contributed by atoms with E-state index in [9.17, 15) is 4.79 Å². The molecule has 1 aromatic carbocycles. The van der Waals surface area contributed by atoms with E-state index in [0.717, 1.165) is 13.0 Å². The molecule has 3 rings (SSSR count). The summed E-state index contributed by atoms with van der Waals surface area (Å²) in [6.45, 7) is 1.55. The number of aromatic nitrogens is 2. The van der Waals surface area contributed by atoms with Crippen LogP contribution in [0.4, 0.5) is 0 Å². The monoisotopic (exact) mass is 311 g/mol.